The Morgan fingerprint density at radius 1 is 1.25 bits per heavy atom. The number of hydrogen-bond acceptors (Lipinski definition) is 7. The molecule has 0 saturated carbocycles. The number of rotatable bonds is 5. The van der Waals surface area contributed by atoms with E-state index in [2.05, 4.69) is 4.74 Å². The van der Waals surface area contributed by atoms with Crippen molar-refractivity contribution >= 4 is 23.1 Å². The molecule has 1 atom stereocenters. The molecule has 0 aromatic heterocycles. The Kier molecular flexibility index (Phi) is 4.41. The first kappa shape index (κ1) is 15.1. The van der Waals surface area contributed by atoms with Crippen molar-refractivity contribution in [2.45, 2.75) is 6.17 Å². The van der Waals surface area contributed by atoms with Gasteiger partial charge >= 0.3 is 17.3 Å². The molecule has 0 bridgehead atoms. The number of ketones is 1. The van der Waals surface area contributed by atoms with Crippen LogP contribution in [0.5, 0.6) is 0 Å². The summed E-state index contributed by atoms with van der Waals surface area (Å²) in [7, 11) is 0.823. The number of methoxy groups -OCH3 is 1. The zero-order valence-electron chi connectivity index (χ0n) is 9.94. The topological polar surface area (TPSA) is 130 Å². The van der Waals surface area contributed by atoms with Crippen LogP contribution in [-0.4, -0.2) is 34.9 Å². The molecule has 0 saturated heterocycles. The van der Waals surface area contributed by atoms with E-state index >= 15 is 0 Å². The Labute approximate surface area is 110 Å². The van der Waals surface area contributed by atoms with E-state index in [9.17, 15) is 34.2 Å². The van der Waals surface area contributed by atoms with Crippen molar-refractivity contribution in [1.29, 1.82) is 0 Å². The second kappa shape index (κ2) is 5.82. The monoisotopic (exact) mass is 286 g/mol. The Hall–Kier alpha value is -2.91. The van der Waals surface area contributed by atoms with Gasteiger partial charge in [0.05, 0.1) is 17.0 Å². The molecule has 106 valence electrons. The maximum atomic E-state index is 13.4. The van der Waals surface area contributed by atoms with Gasteiger partial charge in [-0.1, -0.05) is 6.07 Å². The van der Waals surface area contributed by atoms with E-state index in [0.29, 0.717) is 0 Å². The minimum Gasteiger partial charge on any atom is -0.467 e. The fourth-order valence-electron chi connectivity index (χ4n) is 1.42. The summed E-state index contributed by atoms with van der Waals surface area (Å²) in [5, 5.41) is 21.5. The average molecular weight is 286 g/mol. The first-order valence-corrected chi connectivity index (χ1v) is 4.99. The van der Waals surface area contributed by atoms with Crippen LogP contribution < -0.4 is 0 Å². The second-order valence-electron chi connectivity index (χ2n) is 3.44. The van der Waals surface area contributed by atoms with Gasteiger partial charge in [-0.05, 0) is 6.07 Å². The largest absolute Gasteiger partial charge is 0.467 e. The molecule has 0 fully saturated rings. The Morgan fingerprint density at radius 3 is 2.30 bits per heavy atom. The van der Waals surface area contributed by atoms with Gasteiger partial charge in [-0.15, -0.1) is 0 Å². The normalized spacial score (nSPS) is 11.5. The molecule has 0 radical (unpaired) electrons. The molecule has 1 aromatic rings. The van der Waals surface area contributed by atoms with Gasteiger partial charge < -0.3 is 4.74 Å². The molecule has 0 aliphatic heterocycles. The number of esters is 1. The number of benzene rings is 1. The highest BCUT2D eigenvalue weighted by molar-refractivity contribution is 6.13. The summed E-state index contributed by atoms with van der Waals surface area (Å²) in [5.41, 5.74) is -3.02. The van der Waals surface area contributed by atoms with E-state index in [1.807, 2.05) is 0 Å². The van der Waals surface area contributed by atoms with Crippen LogP contribution in [0.25, 0.3) is 0 Å². The van der Waals surface area contributed by atoms with Crippen LogP contribution >= 0.6 is 0 Å². The number of nitro benzene ring substituents is 2. The lowest BCUT2D eigenvalue weighted by atomic mass is 10.0. The van der Waals surface area contributed by atoms with Gasteiger partial charge in [0, 0.05) is 6.07 Å². The van der Waals surface area contributed by atoms with Crippen LogP contribution in [0.4, 0.5) is 15.8 Å². The molecule has 0 amide bonds. The smallest absolute Gasteiger partial charge is 0.356 e. The summed E-state index contributed by atoms with van der Waals surface area (Å²) >= 11 is 0. The SMILES string of the molecule is COC(=O)C(F)C(=O)c1cccc([N+](=O)[O-])c1[N+](=O)[O-]. The lowest BCUT2D eigenvalue weighted by molar-refractivity contribution is -0.422. The zero-order valence-corrected chi connectivity index (χ0v) is 9.94. The number of nitro groups is 2. The summed E-state index contributed by atoms with van der Waals surface area (Å²) in [6.45, 7) is 0. The van der Waals surface area contributed by atoms with Crippen LogP contribution in [0.15, 0.2) is 18.2 Å². The van der Waals surface area contributed by atoms with Crippen molar-refractivity contribution in [3.8, 4) is 0 Å². The quantitative estimate of drug-likeness (QED) is 0.261. The highest BCUT2D eigenvalue weighted by atomic mass is 19.1. The first-order chi connectivity index (χ1) is 9.31. The summed E-state index contributed by atoms with van der Waals surface area (Å²) in [4.78, 5) is 41.8. The fraction of sp³-hybridized carbons (Fsp3) is 0.200. The molecule has 0 spiro atoms. The second-order valence-corrected chi connectivity index (χ2v) is 3.44. The van der Waals surface area contributed by atoms with Gasteiger partial charge in [0.25, 0.3) is 6.17 Å². The number of carbonyl (C=O) groups is 2. The number of alkyl halides is 1. The van der Waals surface area contributed by atoms with Crippen LogP contribution in [0.2, 0.25) is 0 Å². The van der Waals surface area contributed by atoms with E-state index in [1.165, 1.54) is 0 Å². The number of nitrogens with zero attached hydrogens (tertiary/aromatic N) is 2. The highest BCUT2D eigenvalue weighted by Gasteiger charge is 2.37. The molecule has 0 aliphatic carbocycles. The Bertz CT molecular complexity index is 601. The van der Waals surface area contributed by atoms with Crippen molar-refractivity contribution in [3.63, 3.8) is 0 Å². The lowest BCUT2D eigenvalue weighted by Crippen LogP contribution is -2.27. The predicted octanol–water partition coefficient (Wildman–Crippen LogP) is 1.20. The van der Waals surface area contributed by atoms with Gasteiger partial charge in [-0.3, -0.25) is 25.0 Å². The molecule has 9 nitrogen and oxygen atoms in total. The number of para-hydroxylation sites is 1. The van der Waals surface area contributed by atoms with Crippen molar-refractivity contribution in [3.05, 3.63) is 44.0 Å². The molecule has 20 heavy (non-hydrogen) atoms. The molecular formula is C10H7FN2O7. The summed E-state index contributed by atoms with van der Waals surface area (Å²) in [6.07, 6.45) is -2.79. The maximum Gasteiger partial charge on any atom is 0.356 e. The fourth-order valence-corrected chi connectivity index (χ4v) is 1.42. The highest BCUT2D eigenvalue weighted by Crippen LogP contribution is 2.31. The molecule has 0 aliphatic rings. The van der Waals surface area contributed by atoms with Crippen LogP contribution in [0.3, 0.4) is 0 Å². The van der Waals surface area contributed by atoms with Crippen molar-refractivity contribution in [2.75, 3.05) is 7.11 Å². The van der Waals surface area contributed by atoms with Crippen LogP contribution in [0, 0.1) is 20.2 Å². The lowest BCUT2D eigenvalue weighted by Gasteiger charge is -2.05. The third-order valence-electron chi connectivity index (χ3n) is 2.30. The van der Waals surface area contributed by atoms with Crippen LogP contribution in [0.1, 0.15) is 10.4 Å². The number of halogens is 1. The van der Waals surface area contributed by atoms with Crippen molar-refractivity contribution in [1.82, 2.24) is 0 Å². The average Bonchev–Trinajstić information content (AvgIpc) is 2.43. The number of ether oxygens (including phenoxy) is 1. The number of carbonyl (C=O) groups excluding carboxylic acids is 2. The maximum absolute atomic E-state index is 13.4. The van der Waals surface area contributed by atoms with Gasteiger partial charge in [0.1, 0.15) is 5.56 Å². The Balaban J connectivity index is 3.42. The Morgan fingerprint density at radius 2 is 1.85 bits per heavy atom. The number of Topliss-reactive ketones (excluding diaryl/α,β-unsaturated/α-hetero) is 1. The van der Waals surface area contributed by atoms with Crippen molar-refractivity contribution in [2.24, 2.45) is 0 Å². The van der Waals surface area contributed by atoms with Gasteiger partial charge in [0.15, 0.2) is 0 Å². The van der Waals surface area contributed by atoms with E-state index in [1.54, 1.807) is 0 Å². The molecular weight excluding hydrogens is 279 g/mol. The van der Waals surface area contributed by atoms with E-state index in [4.69, 9.17) is 0 Å². The third-order valence-corrected chi connectivity index (χ3v) is 2.30. The van der Waals surface area contributed by atoms with E-state index in [-0.39, 0.29) is 0 Å². The predicted molar refractivity (Wildman–Crippen MR) is 61.0 cm³/mol. The summed E-state index contributed by atoms with van der Waals surface area (Å²) < 4.78 is 17.4. The van der Waals surface area contributed by atoms with Gasteiger partial charge in [-0.2, -0.15) is 0 Å². The van der Waals surface area contributed by atoms with E-state index < -0.39 is 44.7 Å². The minimum atomic E-state index is -2.79. The standard InChI is InChI=1S/C10H7FN2O7/c1-20-10(15)7(11)9(14)5-3-2-4-6(12(16)17)8(5)13(18)19/h2-4,7H,1H3. The van der Waals surface area contributed by atoms with E-state index in [0.717, 1.165) is 25.3 Å². The summed E-state index contributed by atoms with van der Waals surface area (Å²) in [5.74, 6) is -3.12. The van der Waals surface area contributed by atoms with Gasteiger partial charge in [-0.25, -0.2) is 9.18 Å². The molecule has 1 rings (SSSR count). The first-order valence-electron chi connectivity index (χ1n) is 4.99. The molecule has 0 N–H and O–H groups in total. The van der Waals surface area contributed by atoms with Crippen molar-refractivity contribution < 1.29 is 28.6 Å². The zero-order chi connectivity index (χ0) is 15.4. The molecule has 1 aromatic carbocycles. The molecule has 10 heteroatoms. The minimum absolute atomic E-state index is 0.792. The third kappa shape index (κ3) is 2.74. The van der Waals surface area contributed by atoms with Crippen LogP contribution in [-0.2, 0) is 9.53 Å². The van der Waals surface area contributed by atoms with Gasteiger partial charge in [0.2, 0.25) is 5.78 Å². The summed E-state index contributed by atoms with van der Waals surface area (Å²) in [6, 6.07) is 2.59. The molecule has 0 heterocycles. The molecule has 1 unspecified atom stereocenters. The number of hydrogen-bond donors (Lipinski definition) is 0.